The number of hydrogen-bond donors (Lipinski definition) is 2. The summed E-state index contributed by atoms with van der Waals surface area (Å²) in [5.41, 5.74) is -5.58. The predicted molar refractivity (Wildman–Crippen MR) is 154 cm³/mol. The van der Waals surface area contributed by atoms with Crippen LogP contribution in [0.15, 0.2) is 46.1 Å². The maximum atomic E-state index is 13.2. The van der Waals surface area contributed by atoms with Gasteiger partial charge in [0.05, 0.1) is 5.92 Å². The highest BCUT2D eigenvalue weighted by Crippen LogP contribution is 2.57. The zero-order chi connectivity index (χ0) is 33.5. The van der Waals surface area contributed by atoms with Crippen LogP contribution in [-0.4, -0.2) is 81.3 Å². The van der Waals surface area contributed by atoms with Crippen LogP contribution in [0.1, 0.15) is 75.7 Å². The third-order valence-corrected chi connectivity index (χ3v) is 8.70. The minimum atomic E-state index is -2.62. The Bertz CT molecular complexity index is 1380. The average Bonchev–Trinajstić information content (AvgIpc) is 3.25. The Morgan fingerprint density at radius 1 is 0.909 bits per heavy atom. The van der Waals surface area contributed by atoms with Crippen molar-refractivity contribution in [3.63, 3.8) is 0 Å². The lowest BCUT2D eigenvalue weighted by molar-refractivity contribution is -0.209. The van der Waals surface area contributed by atoms with Gasteiger partial charge in [-0.3, -0.25) is 4.79 Å². The maximum absolute atomic E-state index is 13.2. The Kier molecular flexibility index (Phi) is 9.72. The van der Waals surface area contributed by atoms with Gasteiger partial charge in [-0.25, -0.2) is 19.2 Å². The van der Waals surface area contributed by atoms with E-state index in [2.05, 4.69) is 0 Å². The van der Waals surface area contributed by atoms with Crippen molar-refractivity contribution in [2.24, 2.45) is 5.92 Å². The molecule has 1 saturated carbocycles. The molecule has 0 aromatic carbocycles. The zero-order valence-electron chi connectivity index (χ0n) is 26.8. The highest BCUT2D eigenvalue weighted by Gasteiger charge is 2.76. The first-order valence-electron chi connectivity index (χ1n) is 14.4. The van der Waals surface area contributed by atoms with E-state index in [1.54, 1.807) is 27.7 Å². The van der Waals surface area contributed by atoms with Crippen molar-refractivity contribution in [1.82, 2.24) is 0 Å². The van der Waals surface area contributed by atoms with Gasteiger partial charge in [0, 0.05) is 30.6 Å². The van der Waals surface area contributed by atoms with Gasteiger partial charge in [-0.05, 0) is 73.5 Å². The second-order valence-corrected chi connectivity index (χ2v) is 12.2. The number of rotatable bonds is 7. The summed E-state index contributed by atoms with van der Waals surface area (Å²) in [6, 6.07) is 0. The molecule has 1 aliphatic heterocycles. The third-order valence-electron chi connectivity index (χ3n) is 8.70. The van der Waals surface area contributed by atoms with Crippen LogP contribution in [0.5, 0.6) is 0 Å². The van der Waals surface area contributed by atoms with E-state index in [4.69, 9.17) is 23.7 Å². The SMILES string of the molecule is CC=C(C)C(=O)OC1C(C)=C2C(C1OC(=O)C(C)=CC)C(C)(OC(C)=O)CC(OC(=O)C=C(C)C)C1(O)C2OC(=O)C1(C)O. The molecule has 1 saturated heterocycles. The van der Waals surface area contributed by atoms with Gasteiger partial charge in [0.25, 0.3) is 0 Å². The van der Waals surface area contributed by atoms with Gasteiger partial charge in [0.1, 0.15) is 11.7 Å². The van der Waals surface area contributed by atoms with Gasteiger partial charge in [-0.1, -0.05) is 17.7 Å². The average molecular weight is 619 g/mol. The van der Waals surface area contributed by atoms with Crippen LogP contribution in [0, 0.1) is 5.92 Å². The highest BCUT2D eigenvalue weighted by atomic mass is 16.6. The molecule has 0 spiro atoms. The number of hydrogen-bond acceptors (Lipinski definition) is 12. The van der Waals surface area contributed by atoms with Gasteiger partial charge in [0.2, 0.25) is 0 Å². The summed E-state index contributed by atoms with van der Waals surface area (Å²) in [6.45, 7) is 14.8. The number of allylic oxidation sites excluding steroid dienone is 3. The molecule has 8 atom stereocenters. The van der Waals surface area contributed by atoms with E-state index in [9.17, 15) is 34.2 Å². The van der Waals surface area contributed by atoms with Crippen molar-refractivity contribution in [2.45, 2.75) is 117 Å². The molecule has 8 unspecified atom stereocenters. The van der Waals surface area contributed by atoms with Crippen molar-refractivity contribution < 1.29 is 57.9 Å². The molecule has 44 heavy (non-hydrogen) atoms. The lowest BCUT2D eigenvalue weighted by Gasteiger charge is -2.41. The molecule has 0 aromatic rings. The first kappa shape index (κ1) is 34.7. The van der Waals surface area contributed by atoms with Crippen molar-refractivity contribution >= 4 is 29.8 Å². The minimum Gasteiger partial charge on any atom is -0.459 e. The Balaban J connectivity index is 2.38. The molecule has 0 bridgehead atoms. The summed E-state index contributed by atoms with van der Waals surface area (Å²) in [5.74, 6) is -5.55. The van der Waals surface area contributed by atoms with Crippen LogP contribution in [0.3, 0.4) is 0 Å². The van der Waals surface area contributed by atoms with Crippen molar-refractivity contribution in [3.8, 4) is 0 Å². The Morgan fingerprint density at radius 2 is 1.45 bits per heavy atom. The van der Waals surface area contributed by atoms with Gasteiger partial charge in [-0.2, -0.15) is 0 Å². The molecule has 242 valence electrons. The van der Waals surface area contributed by atoms with Crippen molar-refractivity contribution in [3.05, 3.63) is 46.1 Å². The topological polar surface area (TPSA) is 172 Å². The molecule has 12 nitrogen and oxygen atoms in total. The lowest BCUT2D eigenvalue weighted by Crippen LogP contribution is -2.64. The summed E-state index contributed by atoms with van der Waals surface area (Å²) in [4.78, 5) is 64.8. The maximum Gasteiger partial charge on any atom is 0.341 e. The van der Waals surface area contributed by atoms with Gasteiger partial charge in [-0.15, -0.1) is 0 Å². The normalized spacial score (nSPS) is 35.1. The van der Waals surface area contributed by atoms with Crippen LogP contribution >= 0.6 is 0 Å². The summed E-state index contributed by atoms with van der Waals surface area (Å²) in [7, 11) is 0. The lowest BCUT2D eigenvalue weighted by atomic mass is 9.75. The van der Waals surface area contributed by atoms with E-state index < -0.39 is 83.4 Å². The first-order chi connectivity index (χ1) is 20.3. The Labute approximate surface area is 256 Å². The Hall–Kier alpha value is -3.77. The van der Waals surface area contributed by atoms with E-state index in [1.807, 2.05) is 0 Å². The second kappa shape index (κ2) is 12.3. The predicted octanol–water partition coefficient (Wildman–Crippen LogP) is 2.70. The molecule has 2 N–H and O–H groups in total. The van der Waals surface area contributed by atoms with E-state index in [-0.39, 0.29) is 22.3 Å². The number of aliphatic hydroxyl groups is 2. The van der Waals surface area contributed by atoms with Crippen LogP contribution in [-0.2, 0) is 47.7 Å². The van der Waals surface area contributed by atoms with E-state index in [0.717, 1.165) is 19.9 Å². The molecule has 1 heterocycles. The second-order valence-electron chi connectivity index (χ2n) is 12.2. The molecular weight excluding hydrogens is 576 g/mol. The molecule has 12 heteroatoms. The molecule has 0 amide bonds. The summed E-state index contributed by atoms with van der Waals surface area (Å²) >= 11 is 0. The highest BCUT2D eigenvalue weighted by molar-refractivity contribution is 5.89. The minimum absolute atomic E-state index is 0.0926. The number of esters is 5. The molecule has 3 rings (SSSR count). The smallest absolute Gasteiger partial charge is 0.341 e. The van der Waals surface area contributed by atoms with E-state index in [0.29, 0.717) is 5.57 Å². The fourth-order valence-electron chi connectivity index (χ4n) is 6.14. The number of carbonyl (C=O) groups excluding carboxylic acids is 5. The van der Waals surface area contributed by atoms with Crippen LogP contribution in [0.2, 0.25) is 0 Å². The van der Waals surface area contributed by atoms with E-state index >= 15 is 0 Å². The molecule has 0 radical (unpaired) electrons. The van der Waals surface area contributed by atoms with Gasteiger partial charge < -0.3 is 33.9 Å². The van der Waals surface area contributed by atoms with Crippen molar-refractivity contribution in [1.29, 1.82) is 0 Å². The standard InChI is InChI=1S/C32H42O12/c1-11-16(5)27(35)41-24-18(7)22-23(25(24)42-28(36)17(6)12-2)30(9,44-19(8)33)14-20(40-21(34)13-15(3)4)32(39)26(22)43-29(37)31(32,10)38/h11-13,20,23-26,38-39H,14H2,1-10H3. The van der Waals surface area contributed by atoms with E-state index in [1.165, 1.54) is 39.8 Å². The van der Waals surface area contributed by atoms with Crippen LogP contribution in [0.25, 0.3) is 0 Å². The van der Waals surface area contributed by atoms with Gasteiger partial charge >= 0.3 is 29.8 Å². The molecule has 0 aromatic heterocycles. The van der Waals surface area contributed by atoms with Crippen LogP contribution in [0.4, 0.5) is 0 Å². The van der Waals surface area contributed by atoms with Crippen molar-refractivity contribution in [2.75, 3.05) is 0 Å². The first-order valence-corrected chi connectivity index (χ1v) is 14.4. The third kappa shape index (κ3) is 5.84. The number of ether oxygens (including phenoxy) is 5. The summed E-state index contributed by atoms with van der Waals surface area (Å²) in [6.07, 6.45) is -2.25. The van der Waals surface area contributed by atoms with Crippen LogP contribution < -0.4 is 0 Å². The number of carbonyl (C=O) groups is 5. The molecule has 2 fully saturated rings. The fourth-order valence-corrected chi connectivity index (χ4v) is 6.14. The number of fused-ring (bicyclic) bond motifs is 3. The zero-order valence-corrected chi connectivity index (χ0v) is 26.8. The molecule has 2 aliphatic carbocycles. The summed E-state index contributed by atoms with van der Waals surface area (Å²) in [5, 5.41) is 23.8. The molecule has 3 aliphatic rings. The Morgan fingerprint density at radius 3 is 1.95 bits per heavy atom. The largest absolute Gasteiger partial charge is 0.459 e. The monoisotopic (exact) mass is 618 g/mol. The fraction of sp³-hybridized carbons (Fsp3) is 0.594. The quantitative estimate of drug-likeness (QED) is 0.185. The molecular formula is C32H42O12. The van der Waals surface area contributed by atoms with Gasteiger partial charge in [0.15, 0.2) is 29.5 Å². The summed E-state index contributed by atoms with van der Waals surface area (Å²) < 4.78 is 29.0.